The first kappa shape index (κ1) is 9.01. The summed E-state index contributed by atoms with van der Waals surface area (Å²) in [4.78, 5) is 0. The van der Waals surface area contributed by atoms with Crippen LogP contribution in [0.1, 0.15) is 32.6 Å². The molecule has 1 rings (SSSR count). The minimum atomic E-state index is 0.413. The van der Waals surface area contributed by atoms with Gasteiger partial charge in [-0.25, -0.2) is 0 Å². The molecule has 0 radical (unpaired) electrons. The summed E-state index contributed by atoms with van der Waals surface area (Å²) in [6.45, 7) is 4.08. The van der Waals surface area contributed by atoms with Gasteiger partial charge < -0.3 is 10.5 Å². The predicted molar refractivity (Wildman–Crippen MR) is 46.4 cm³/mol. The van der Waals surface area contributed by atoms with Gasteiger partial charge >= 0.3 is 0 Å². The van der Waals surface area contributed by atoms with Crippen LogP contribution in [0.15, 0.2) is 0 Å². The highest BCUT2D eigenvalue weighted by Crippen LogP contribution is 2.18. The SMILES string of the molecule is CCC(N)CCC1CCOC1. The molecule has 0 aliphatic carbocycles. The average Bonchev–Trinajstić information content (AvgIpc) is 2.52. The zero-order chi connectivity index (χ0) is 8.10. The molecule has 0 amide bonds. The molecular weight excluding hydrogens is 138 g/mol. The smallest absolute Gasteiger partial charge is 0.0495 e. The van der Waals surface area contributed by atoms with Crippen LogP contribution < -0.4 is 5.73 Å². The highest BCUT2D eigenvalue weighted by atomic mass is 16.5. The van der Waals surface area contributed by atoms with Crippen LogP contribution in [0, 0.1) is 5.92 Å². The number of ether oxygens (including phenoxy) is 1. The van der Waals surface area contributed by atoms with Crippen LogP contribution in [0.25, 0.3) is 0 Å². The Balaban J connectivity index is 2.01. The van der Waals surface area contributed by atoms with E-state index in [0.29, 0.717) is 6.04 Å². The molecule has 0 saturated carbocycles. The largest absolute Gasteiger partial charge is 0.381 e. The van der Waals surface area contributed by atoms with Gasteiger partial charge in [-0.3, -0.25) is 0 Å². The molecule has 0 bridgehead atoms. The summed E-state index contributed by atoms with van der Waals surface area (Å²) in [7, 11) is 0. The molecule has 1 aliphatic heterocycles. The maximum absolute atomic E-state index is 5.81. The van der Waals surface area contributed by atoms with Crippen molar-refractivity contribution in [1.29, 1.82) is 0 Å². The van der Waals surface area contributed by atoms with Gasteiger partial charge in [0.25, 0.3) is 0 Å². The molecule has 0 aromatic carbocycles. The number of nitrogens with two attached hydrogens (primary N) is 1. The molecule has 0 aromatic heterocycles. The van der Waals surface area contributed by atoms with Crippen LogP contribution in [0.2, 0.25) is 0 Å². The zero-order valence-electron chi connectivity index (χ0n) is 7.38. The van der Waals surface area contributed by atoms with Crippen molar-refractivity contribution in [3.05, 3.63) is 0 Å². The van der Waals surface area contributed by atoms with Gasteiger partial charge in [0, 0.05) is 19.3 Å². The lowest BCUT2D eigenvalue weighted by molar-refractivity contribution is 0.183. The van der Waals surface area contributed by atoms with Crippen molar-refractivity contribution in [3.63, 3.8) is 0 Å². The molecule has 2 N–H and O–H groups in total. The molecule has 1 aliphatic rings. The van der Waals surface area contributed by atoms with E-state index in [9.17, 15) is 0 Å². The number of rotatable bonds is 4. The van der Waals surface area contributed by atoms with Gasteiger partial charge in [0.15, 0.2) is 0 Å². The van der Waals surface area contributed by atoms with E-state index in [1.54, 1.807) is 0 Å². The Hall–Kier alpha value is -0.0800. The van der Waals surface area contributed by atoms with Crippen molar-refractivity contribution in [2.24, 2.45) is 11.7 Å². The Kier molecular flexibility index (Phi) is 3.87. The van der Waals surface area contributed by atoms with Crippen LogP contribution in [0.5, 0.6) is 0 Å². The Morgan fingerprint density at radius 1 is 1.64 bits per heavy atom. The third kappa shape index (κ3) is 3.21. The van der Waals surface area contributed by atoms with E-state index in [4.69, 9.17) is 10.5 Å². The number of hydrogen-bond donors (Lipinski definition) is 1. The molecule has 0 spiro atoms. The van der Waals surface area contributed by atoms with Gasteiger partial charge in [0.2, 0.25) is 0 Å². The summed E-state index contributed by atoms with van der Waals surface area (Å²) in [6.07, 6.45) is 4.78. The first-order chi connectivity index (χ1) is 5.33. The van der Waals surface area contributed by atoms with Crippen molar-refractivity contribution < 1.29 is 4.74 Å². The minimum absolute atomic E-state index is 0.413. The van der Waals surface area contributed by atoms with Crippen molar-refractivity contribution >= 4 is 0 Å². The lowest BCUT2D eigenvalue weighted by atomic mass is 9.99. The van der Waals surface area contributed by atoms with Crippen molar-refractivity contribution in [1.82, 2.24) is 0 Å². The molecule has 11 heavy (non-hydrogen) atoms. The van der Waals surface area contributed by atoms with Crippen LogP contribution in [-0.2, 0) is 4.74 Å². The molecule has 2 atom stereocenters. The normalized spacial score (nSPS) is 27.3. The first-order valence-corrected chi connectivity index (χ1v) is 4.66. The van der Waals surface area contributed by atoms with Gasteiger partial charge in [-0.2, -0.15) is 0 Å². The van der Waals surface area contributed by atoms with Crippen LogP contribution in [0.4, 0.5) is 0 Å². The highest BCUT2D eigenvalue weighted by Gasteiger charge is 2.15. The quantitative estimate of drug-likeness (QED) is 0.672. The molecule has 2 unspecified atom stereocenters. The molecule has 1 heterocycles. The summed E-state index contributed by atoms with van der Waals surface area (Å²) >= 11 is 0. The van der Waals surface area contributed by atoms with Crippen molar-refractivity contribution in [2.75, 3.05) is 13.2 Å². The van der Waals surface area contributed by atoms with Gasteiger partial charge in [-0.15, -0.1) is 0 Å². The van der Waals surface area contributed by atoms with Crippen LogP contribution >= 0.6 is 0 Å². The van der Waals surface area contributed by atoms with E-state index in [-0.39, 0.29) is 0 Å². The van der Waals surface area contributed by atoms with Crippen LogP contribution in [0.3, 0.4) is 0 Å². The van der Waals surface area contributed by atoms with Crippen molar-refractivity contribution in [2.45, 2.75) is 38.6 Å². The summed E-state index contributed by atoms with van der Waals surface area (Å²) in [5, 5.41) is 0. The maximum atomic E-state index is 5.81. The fraction of sp³-hybridized carbons (Fsp3) is 1.00. The van der Waals surface area contributed by atoms with Gasteiger partial charge in [-0.05, 0) is 31.6 Å². The Bertz CT molecular complexity index is 99.7. The third-order valence-electron chi connectivity index (χ3n) is 2.49. The molecule has 1 fully saturated rings. The van der Waals surface area contributed by atoms with Gasteiger partial charge in [0.1, 0.15) is 0 Å². The lowest BCUT2D eigenvalue weighted by Crippen LogP contribution is -2.19. The summed E-state index contributed by atoms with van der Waals surface area (Å²) < 4.78 is 5.28. The minimum Gasteiger partial charge on any atom is -0.381 e. The predicted octanol–water partition coefficient (Wildman–Crippen LogP) is 1.54. The third-order valence-corrected chi connectivity index (χ3v) is 2.49. The highest BCUT2D eigenvalue weighted by molar-refractivity contribution is 4.67. The Morgan fingerprint density at radius 3 is 3.00 bits per heavy atom. The van der Waals surface area contributed by atoms with E-state index in [2.05, 4.69) is 6.92 Å². The second kappa shape index (κ2) is 4.73. The van der Waals surface area contributed by atoms with Gasteiger partial charge in [-0.1, -0.05) is 6.92 Å². The maximum Gasteiger partial charge on any atom is 0.0495 e. The standard InChI is InChI=1S/C9H19NO/c1-2-9(10)4-3-8-5-6-11-7-8/h8-9H,2-7,10H2,1H3. The molecule has 2 heteroatoms. The van der Waals surface area contributed by atoms with E-state index in [0.717, 1.165) is 25.6 Å². The van der Waals surface area contributed by atoms with E-state index < -0.39 is 0 Å². The molecule has 0 aromatic rings. The molecule has 66 valence electrons. The summed E-state index contributed by atoms with van der Waals surface area (Å²) in [6, 6.07) is 0.413. The Morgan fingerprint density at radius 2 is 2.45 bits per heavy atom. The van der Waals surface area contributed by atoms with Crippen molar-refractivity contribution in [3.8, 4) is 0 Å². The monoisotopic (exact) mass is 157 g/mol. The second-order valence-corrected chi connectivity index (χ2v) is 3.48. The lowest BCUT2D eigenvalue weighted by Gasteiger charge is -2.11. The molecule has 1 saturated heterocycles. The summed E-state index contributed by atoms with van der Waals surface area (Å²) in [5.41, 5.74) is 5.81. The number of hydrogen-bond acceptors (Lipinski definition) is 2. The average molecular weight is 157 g/mol. The first-order valence-electron chi connectivity index (χ1n) is 4.66. The fourth-order valence-corrected chi connectivity index (χ4v) is 1.46. The van der Waals surface area contributed by atoms with Gasteiger partial charge in [0.05, 0.1) is 0 Å². The molecule has 2 nitrogen and oxygen atoms in total. The fourth-order valence-electron chi connectivity index (χ4n) is 1.46. The zero-order valence-corrected chi connectivity index (χ0v) is 7.38. The summed E-state index contributed by atoms with van der Waals surface area (Å²) in [5.74, 6) is 0.799. The second-order valence-electron chi connectivity index (χ2n) is 3.48. The van der Waals surface area contributed by atoms with Crippen LogP contribution in [-0.4, -0.2) is 19.3 Å². The molecular formula is C9H19NO. The Labute approximate surface area is 69.1 Å². The topological polar surface area (TPSA) is 35.2 Å². The van der Waals surface area contributed by atoms with E-state index >= 15 is 0 Å². The van der Waals surface area contributed by atoms with E-state index in [1.807, 2.05) is 0 Å². The van der Waals surface area contributed by atoms with E-state index in [1.165, 1.54) is 19.3 Å².